The van der Waals surface area contributed by atoms with E-state index in [9.17, 15) is 41.0 Å². The quantitative estimate of drug-likeness (QED) is 0.227. The lowest BCUT2D eigenvalue weighted by Crippen LogP contribution is -2.61. The van der Waals surface area contributed by atoms with Crippen molar-refractivity contribution in [1.29, 1.82) is 5.26 Å². The Bertz CT molecular complexity index is 759. The fourth-order valence-corrected chi connectivity index (χ4v) is 3.94. The summed E-state index contributed by atoms with van der Waals surface area (Å²) < 4.78 is 16.4. The van der Waals surface area contributed by atoms with Gasteiger partial charge in [0, 0.05) is 0 Å². The van der Waals surface area contributed by atoms with Crippen molar-refractivity contribution < 1.29 is 50.0 Å². The molecule has 2 aliphatic rings. The molecule has 0 aliphatic carbocycles. The molecule has 11 heteroatoms. The van der Waals surface area contributed by atoms with Crippen LogP contribution in [-0.2, 0) is 14.2 Å². The molecule has 2 heterocycles. The van der Waals surface area contributed by atoms with Crippen LogP contribution in [0, 0.1) is 11.3 Å². The molecule has 0 aromatic heterocycles. The molecular weight excluding hydrogens is 426 g/mol. The van der Waals surface area contributed by atoms with E-state index in [1.807, 2.05) is 0 Å². The molecule has 3 rings (SSSR count). The first kappa shape index (κ1) is 24.9. The van der Waals surface area contributed by atoms with E-state index in [0.717, 1.165) is 0 Å². The highest BCUT2D eigenvalue weighted by Gasteiger charge is 2.47. The highest BCUT2D eigenvalue weighted by atomic mass is 16.7. The Morgan fingerprint density at radius 2 is 1.41 bits per heavy atom. The number of rotatable bonds is 7. The van der Waals surface area contributed by atoms with Gasteiger partial charge in [-0.3, -0.25) is 0 Å². The second-order valence-electron chi connectivity index (χ2n) is 8.04. The van der Waals surface area contributed by atoms with Crippen molar-refractivity contribution in [2.24, 2.45) is 0 Å². The molecule has 2 aliphatic heterocycles. The summed E-state index contributed by atoms with van der Waals surface area (Å²) in [6.45, 7) is -1.04. The molecule has 32 heavy (non-hydrogen) atoms. The van der Waals surface area contributed by atoms with Gasteiger partial charge in [-0.1, -0.05) is 30.3 Å². The van der Waals surface area contributed by atoms with Crippen LogP contribution < -0.4 is 0 Å². The predicted octanol–water partition coefficient (Wildman–Crippen LogP) is -2.65. The van der Waals surface area contributed by atoms with Crippen LogP contribution in [0.1, 0.15) is 17.9 Å². The maximum atomic E-state index is 10.4. The van der Waals surface area contributed by atoms with E-state index in [-0.39, 0.29) is 6.42 Å². The second-order valence-corrected chi connectivity index (χ2v) is 8.04. The molecule has 178 valence electrons. The highest BCUT2D eigenvalue weighted by Crippen LogP contribution is 2.30. The SMILES string of the molecule is N#C[C@H](C[C@@H]1O[C@H](CO[C@@H]2O[C@H](CO)[C@@H](O)[C@H](O)[C@@H]2O)[C@@H](O)[C@H](O)[C@H]1O)c1ccccc1. The summed E-state index contributed by atoms with van der Waals surface area (Å²) >= 11 is 0. The van der Waals surface area contributed by atoms with E-state index >= 15 is 0 Å². The topological polar surface area (TPSA) is 193 Å². The lowest BCUT2D eigenvalue weighted by molar-refractivity contribution is -0.314. The predicted molar refractivity (Wildman–Crippen MR) is 106 cm³/mol. The Balaban J connectivity index is 1.65. The fraction of sp³-hybridized carbons (Fsp3) is 0.667. The third-order valence-corrected chi connectivity index (χ3v) is 5.91. The zero-order chi connectivity index (χ0) is 23.4. The molecule has 2 saturated heterocycles. The first-order valence-electron chi connectivity index (χ1n) is 10.3. The van der Waals surface area contributed by atoms with Gasteiger partial charge in [-0.25, -0.2) is 0 Å². The average Bonchev–Trinajstić information content (AvgIpc) is 2.81. The van der Waals surface area contributed by atoms with E-state index < -0.39 is 80.4 Å². The van der Waals surface area contributed by atoms with Crippen molar-refractivity contribution in [3.63, 3.8) is 0 Å². The van der Waals surface area contributed by atoms with Crippen LogP contribution in [0.25, 0.3) is 0 Å². The molecule has 11 nitrogen and oxygen atoms in total. The largest absolute Gasteiger partial charge is 0.394 e. The van der Waals surface area contributed by atoms with Gasteiger partial charge in [0.2, 0.25) is 0 Å². The van der Waals surface area contributed by atoms with Crippen LogP contribution in [0.2, 0.25) is 0 Å². The minimum absolute atomic E-state index is 0.0437. The molecule has 2 fully saturated rings. The number of ether oxygens (including phenoxy) is 3. The van der Waals surface area contributed by atoms with Crippen molar-refractivity contribution in [2.45, 2.75) is 73.6 Å². The first-order valence-corrected chi connectivity index (χ1v) is 10.3. The molecule has 0 amide bonds. The van der Waals surface area contributed by atoms with E-state index in [2.05, 4.69) is 6.07 Å². The maximum absolute atomic E-state index is 10.4. The highest BCUT2D eigenvalue weighted by molar-refractivity contribution is 5.25. The second kappa shape index (κ2) is 11.0. The first-order chi connectivity index (χ1) is 15.3. The van der Waals surface area contributed by atoms with Gasteiger partial charge in [-0.05, 0) is 12.0 Å². The molecule has 7 N–H and O–H groups in total. The summed E-state index contributed by atoms with van der Waals surface area (Å²) in [5.41, 5.74) is 0.709. The van der Waals surface area contributed by atoms with Crippen molar-refractivity contribution in [2.75, 3.05) is 13.2 Å². The third kappa shape index (κ3) is 5.27. The molecule has 0 spiro atoms. The molecular formula is C21H29NO10. The van der Waals surface area contributed by atoms with Crippen LogP contribution in [-0.4, -0.2) is 110 Å². The van der Waals surface area contributed by atoms with Gasteiger partial charge in [0.05, 0.1) is 31.3 Å². The third-order valence-electron chi connectivity index (χ3n) is 5.91. The molecule has 0 bridgehead atoms. The standard InChI is InChI=1S/C21H29NO10/c22-7-11(10-4-2-1-3-5-10)6-12-15(24)18(27)17(26)14(31-12)9-30-21-20(29)19(28)16(25)13(8-23)32-21/h1-5,11-21,23-29H,6,8-9H2/t11-,12-,13+,14+,15-,16+,17+,18+,19-,20-,21+/m0/s1. The number of nitriles is 1. The van der Waals surface area contributed by atoms with Crippen molar-refractivity contribution in [1.82, 2.24) is 0 Å². The van der Waals surface area contributed by atoms with E-state index in [1.54, 1.807) is 30.3 Å². The Labute approximate surface area is 184 Å². The van der Waals surface area contributed by atoms with Gasteiger partial charge >= 0.3 is 0 Å². The van der Waals surface area contributed by atoms with Gasteiger partial charge in [-0.15, -0.1) is 0 Å². The van der Waals surface area contributed by atoms with Crippen LogP contribution >= 0.6 is 0 Å². The maximum Gasteiger partial charge on any atom is 0.186 e. The van der Waals surface area contributed by atoms with Gasteiger partial charge in [0.1, 0.15) is 48.8 Å². The van der Waals surface area contributed by atoms with E-state index in [0.29, 0.717) is 5.56 Å². The van der Waals surface area contributed by atoms with Gasteiger partial charge in [0.15, 0.2) is 6.29 Å². The minimum atomic E-state index is -1.64. The molecule has 1 aromatic rings. The minimum Gasteiger partial charge on any atom is -0.394 e. The zero-order valence-corrected chi connectivity index (χ0v) is 17.2. The molecule has 1 aromatic carbocycles. The Kier molecular flexibility index (Phi) is 8.54. The summed E-state index contributed by atoms with van der Waals surface area (Å²) in [4.78, 5) is 0. The molecule has 0 unspecified atom stereocenters. The van der Waals surface area contributed by atoms with Gasteiger partial charge < -0.3 is 50.0 Å². The summed E-state index contributed by atoms with van der Waals surface area (Å²) in [6, 6.07) is 11.0. The number of hydrogen-bond acceptors (Lipinski definition) is 11. The van der Waals surface area contributed by atoms with Gasteiger partial charge in [0.25, 0.3) is 0 Å². The van der Waals surface area contributed by atoms with Crippen LogP contribution in [0.3, 0.4) is 0 Å². The van der Waals surface area contributed by atoms with Crippen molar-refractivity contribution in [3.05, 3.63) is 35.9 Å². The Morgan fingerprint density at radius 3 is 2.03 bits per heavy atom. The number of nitrogens with zero attached hydrogens (tertiary/aromatic N) is 1. The van der Waals surface area contributed by atoms with Crippen LogP contribution in [0.15, 0.2) is 30.3 Å². The molecule has 11 atom stereocenters. The fourth-order valence-electron chi connectivity index (χ4n) is 3.94. The van der Waals surface area contributed by atoms with Gasteiger partial charge in [-0.2, -0.15) is 5.26 Å². The number of aliphatic hydroxyl groups is 7. The Morgan fingerprint density at radius 1 is 0.812 bits per heavy atom. The summed E-state index contributed by atoms with van der Waals surface area (Å²) in [6.07, 6.45) is -14.1. The lowest BCUT2D eigenvalue weighted by Gasteiger charge is -2.43. The average molecular weight is 455 g/mol. The van der Waals surface area contributed by atoms with Crippen molar-refractivity contribution >= 4 is 0 Å². The summed E-state index contributed by atoms with van der Waals surface area (Å²) in [7, 11) is 0. The number of benzene rings is 1. The number of aliphatic hydroxyl groups excluding tert-OH is 7. The lowest BCUT2D eigenvalue weighted by atomic mass is 9.87. The molecule has 0 saturated carbocycles. The number of hydrogen-bond donors (Lipinski definition) is 7. The monoisotopic (exact) mass is 455 g/mol. The molecule has 0 radical (unpaired) electrons. The van der Waals surface area contributed by atoms with E-state index in [1.165, 1.54) is 0 Å². The zero-order valence-electron chi connectivity index (χ0n) is 17.2. The summed E-state index contributed by atoms with van der Waals surface area (Å²) in [5, 5.41) is 79.5. The van der Waals surface area contributed by atoms with Crippen LogP contribution in [0.4, 0.5) is 0 Å². The normalized spacial score (nSPS) is 41.1. The Hall–Kier alpha value is -1.69. The van der Waals surface area contributed by atoms with Crippen molar-refractivity contribution in [3.8, 4) is 6.07 Å². The summed E-state index contributed by atoms with van der Waals surface area (Å²) in [5.74, 6) is -0.634. The van der Waals surface area contributed by atoms with Crippen LogP contribution in [0.5, 0.6) is 0 Å². The van der Waals surface area contributed by atoms with E-state index in [4.69, 9.17) is 14.2 Å². The smallest absolute Gasteiger partial charge is 0.186 e.